The van der Waals surface area contributed by atoms with Gasteiger partial charge in [0.2, 0.25) is 0 Å². The number of nitrogens with one attached hydrogen (secondary N) is 1. The number of carbonyl (C=O) groups is 1. The van der Waals surface area contributed by atoms with Gasteiger partial charge in [0, 0.05) is 19.6 Å². The van der Waals surface area contributed by atoms with Gasteiger partial charge in [0.15, 0.2) is 0 Å². The van der Waals surface area contributed by atoms with Crippen LogP contribution in [0.25, 0.3) is 0 Å². The van der Waals surface area contributed by atoms with E-state index in [1.165, 1.54) is 12.8 Å². The van der Waals surface area contributed by atoms with Crippen LogP contribution in [0.5, 0.6) is 0 Å². The Morgan fingerprint density at radius 1 is 1.39 bits per heavy atom. The smallest absolute Gasteiger partial charge is 0.410 e. The minimum Gasteiger partial charge on any atom is -0.444 e. The average molecular weight is 324 g/mol. The zero-order chi connectivity index (χ0) is 17.0. The largest absolute Gasteiger partial charge is 0.444 e. The molecule has 2 bridgehead atoms. The van der Waals surface area contributed by atoms with Crippen LogP contribution in [0, 0.1) is 17.8 Å². The van der Waals surface area contributed by atoms with Crippen molar-refractivity contribution in [3.8, 4) is 0 Å². The summed E-state index contributed by atoms with van der Waals surface area (Å²) in [5, 5.41) is 13.1. The third-order valence-corrected chi connectivity index (χ3v) is 4.52. The molecule has 0 aromatic carbocycles. The molecule has 2 N–H and O–H groups in total. The number of allylic oxidation sites excluding steroid dienone is 2. The van der Waals surface area contributed by atoms with Gasteiger partial charge < -0.3 is 20.1 Å². The number of aliphatic hydroxyl groups is 1. The molecule has 0 aromatic rings. The predicted molar refractivity (Wildman–Crippen MR) is 91.2 cm³/mol. The van der Waals surface area contributed by atoms with Gasteiger partial charge >= 0.3 is 6.09 Å². The summed E-state index contributed by atoms with van der Waals surface area (Å²) in [6.07, 6.45) is 6.41. The van der Waals surface area contributed by atoms with E-state index in [4.69, 9.17) is 4.74 Å². The Morgan fingerprint density at radius 3 is 2.65 bits per heavy atom. The Bertz CT molecular complexity index is 428. The summed E-state index contributed by atoms with van der Waals surface area (Å²) in [6, 6.07) is 0. The van der Waals surface area contributed by atoms with E-state index in [1.807, 2.05) is 20.8 Å². The molecule has 0 radical (unpaired) electrons. The number of hydrogen-bond donors (Lipinski definition) is 2. The maximum absolute atomic E-state index is 12.2. The molecule has 5 nitrogen and oxygen atoms in total. The number of ether oxygens (including phenoxy) is 1. The van der Waals surface area contributed by atoms with E-state index in [-0.39, 0.29) is 6.09 Å². The molecule has 2 aliphatic rings. The molecule has 23 heavy (non-hydrogen) atoms. The van der Waals surface area contributed by atoms with Crippen LogP contribution in [-0.2, 0) is 4.74 Å². The van der Waals surface area contributed by atoms with Crippen LogP contribution in [0.2, 0.25) is 0 Å². The summed E-state index contributed by atoms with van der Waals surface area (Å²) in [5.41, 5.74) is -0.517. The Balaban J connectivity index is 1.72. The predicted octanol–water partition coefficient (Wildman–Crippen LogP) is 2.41. The van der Waals surface area contributed by atoms with Gasteiger partial charge in [0.25, 0.3) is 0 Å². The first-order valence-electron chi connectivity index (χ1n) is 8.79. The molecule has 1 saturated carbocycles. The Hall–Kier alpha value is -1.07. The average Bonchev–Trinajstić information content (AvgIpc) is 3.02. The van der Waals surface area contributed by atoms with Gasteiger partial charge in [-0.15, -0.1) is 0 Å². The Labute approximate surface area is 140 Å². The molecule has 0 saturated heterocycles. The molecule has 0 aliphatic heterocycles. The third kappa shape index (κ3) is 5.81. The van der Waals surface area contributed by atoms with Crippen molar-refractivity contribution in [3.63, 3.8) is 0 Å². The van der Waals surface area contributed by atoms with Crippen molar-refractivity contribution in [2.24, 2.45) is 17.8 Å². The first-order chi connectivity index (χ1) is 10.7. The zero-order valence-electron chi connectivity index (χ0n) is 14.9. The summed E-state index contributed by atoms with van der Waals surface area (Å²) in [6.45, 7) is 9.83. The molecule has 4 atom stereocenters. The van der Waals surface area contributed by atoms with E-state index in [0.29, 0.717) is 13.1 Å². The third-order valence-electron chi connectivity index (χ3n) is 4.52. The normalized spacial score (nSPS) is 27.3. The monoisotopic (exact) mass is 324 g/mol. The number of carbonyl (C=O) groups excluding carboxylic acids is 1. The Kier molecular flexibility index (Phi) is 6.09. The molecule has 1 fully saturated rings. The van der Waals surface area contributed by atoms with Crippen LogP contribution in [0.15, 0.2) is 12.2 Å². The van der Waals surface area contributed by atoms with E-state index in [9.17, 15) is 9.90 Å². The number of fused-ring (bicyclic) bond motifs is 2. The van der Waals surface area contributed by atoms with Gasteiger partial charge in [-0.3, -0.25) is 0 Å². The number of aliphatic hydroxyl groups excluding tert-OH is 1. The van der Waals surface area contributed by atoms with Gasteiger partial charge in [0.1, 0.15) is 5.60 Å². The first-order valence-corrected chi connectivity index (χ1v) is 8.79. The lowest BCUT2D eigenvalue weighted by atomic mass is 9.94. The molecule has 0 spiro atoms. The highest BCUT2D eigenvalue weighted by Crippen LogP contribution is 2.42. The quantitative estimate of drug-likeness (QED) is 0.558. The van der Waals surface area contributed by atoms with Crippen molar-refractivity contribution >= 4 is 6.09 Å². The zero-order valence-corrected chi connectivity index (χ0v) is 14.9. The highest BCUT2D eigenvalue weighted by Gasteiger charge is 2.35. The van der Waals surface area contributed by atoms with Crippen LogP contribution in [0.1, 0.15) is 40.5 Å². The van der Waals surface area contributed by atoms with Crippen molar-refractivity contribution in [3.05, 3.63) is 12.2 Å². The van der Waals surface area contributed by atoms with Gasteiger partial charge in [-0.25, -0.2) is 4.79 Å². The Morgan fingerprint density at radius 2 is 2.13 bits per heavy atom. The number of nitrogens with zero attached hydrogens (tertiary/aromatic N) is 1. The van der Waals surface area contributed by atoms with E-state index >= 15 is 0 Å². The van der Waals surface area contributed by atoms with Crippen molar-refractivity contribution < 1.29 is 14.6 Å². The maximum atomic E-state index is 12.2. The van der Waals surface area contributed by atoms with Crippen LogP contribution in [0.4, 0.5) is 4.79 Å². The van der Waals surface area contributed by atoms with Crippen molar-refractivity contribution in [1.82, 2.24) is 10.2 Å². The molecular weight excluding hydrogens is 292 g/mol. The highest BCUT2D eigenvalue weighted by atomic mass is 16.6. The fraction of sp³-hybridized carbons (Fsp3) is 0.833. The lowest BCUT2D eigenvalue weighted by Gasteiger charge is -2.28. The lowest BCUT2D eigenvalue weighted by molar-refractivity contribution is 0.0164. The summed E-state index contributed by atoms with van der Waals surface area (Å²) >= 11 is 0. The minimum atomic E-state index is -0.557. The van der Waals surface area contributed by atoms with Crippen LogP contribution in [0.3, 0.4) is 0 Å². The first kappa shape index (κ1) is 18.3. The number of rotatable bonds is 7. The fourth-order valence-electron chi connectivity index (χ4n) is 3.53. The second-order valence-electron chi connectivity index (χ2n) is 8.02. The second kappa shape index (κ2) is 7.67. The van der Waals surface area contributed by atoms with Crippen LogP contribution >= 0.6 is 0 Å². The molecule has 0 aromatic heterocycles. The van der Waals surface area contributed by atoms with E-state index in [1.54, 1.807) is 11.8 Å². The number of amides is 1. The molecular formula is C18H32N2O3. The topological polar surface area (TPSA) is 61.8 Å². The van der Waals surface area contributed by atoms with Crippen molar-refractivity contribution in [2.45, 2.75) is 52.2 Å². The summed E-state index contributed by atoms with van der Waals surface area (Å²) < 4.78 is 5.41. The van der Waals surface area contributed by atoms with Crippen molar-refractivity contribution in [2.75, 3.05) is 26.2 Å². The maximum Gasteiger partial charge on any atom is 0.410 e. The van der Waals surface area contributed by atoms with Gasteiger partial charge in [0.05, 0.1) is 6.10 Å². The molecule has 5 heteroatoms. The molecule has 4 unspecified atom stereocenters. The van der Waals surface area contributed by atoms with Gasteiger partial charge in [-0.2, -0.15) is 0 Å². The summed E-state index contributed by atoms with van der Waals surface area (Å²) in [4.78, 5) is 13.8. The molecule has 0 heterocycles. The van der Waals surface area contributed by atoms with E-state index in [2.05, 4.69) is 17.5 Å². The molecule has 1 amide bonds. The standard InChI is InChI=1S/C18H32N2O3/c1-13(21)12-20(17(22)23-18(2,3)4)8-7-19-11-16-10-14-5-6-15(16)9-14/h5-6,13-16,19,21H,7-12H2,1-4H3. The molecule has 2 rings (SSSR count). The summed E-state index contributed by atoms with van der Waals surface area (Å²) in [7, 11) is 0. The SMILES string of the molecule is CC(O)CN(CCNCC1CC2C=CC1C2)C(=O)OC(C)(C)C. The summed E-state index contributed by atoms with van der Waals surface area (Å²) in [5.74, 6) is 2.27. The minimum absolute atomic E-state index is 0.299. The van der Waals surface area contributed by atoms with E-state index < -0.39 is 11.7 Å². The fourth-order valence-corrected chi connectivity index (χ4v) is 3.53. The highest BCUT2D eigenvalue weighted by molar-refractivity contribution is 5.68. The van der Waals surface area contributed by atoms with Gasteiger partial charge in [-0.1, -0.05) is 12.2 Å². The number of hydrogen-bond acceptors (Lipinski definition) is 4. The van der Waals surface area contributed by atoms with Crippen LogP contribution < -0.4 is 5.32 Å². The molecule has 132 valence electrons. The van der Waals surface area contributed by atoms with Crippen molar-refractivity contribution in [1.29, 1.82) is 0 Å². The van der Waals surface area contributed by atoms with E-state index in [0.717, 1.165) is 30.8 Å². The van der Waals surface area contributed by atoms with Crippen LogP contribution in [-0.4, -0.2) is 54.0 Å². The van der Waals surface area contributed by atoms with Gasteiger partial charge in [-0.05, 0) is 64.8 Å². The molecule has 2 aliphatic carbocycles. The lowest BCUT2D eigenvalue weighted by Crippen LogP contribution is -2.44. The second-order valence-corrected chi connectivity index (χ2v) is 8.02.